The van der Waals surface area contributed by atoms with E-state index in [-0.39, 0.29) is 5.91 Å². The fourth-order valence-electron chi connectivity index (χ4n) is 2.31. The van der Waals surface area contributed by atoms with Crippen molar-refractivity contribution in [1.29, 1.82) is 0 Å². The van der Waals surface area contributed by atoms with Gasteiger partial charge >= 0.3 is 0 Å². The first-order valence-electron chi connectivity index (χ1n) is 6.86. The minimum Gasteiger partial charge on any atom is -0.399 e. The summed E-state index contributed by atoms with van der Waals surface area (Å²) in [6.07, 6.45) is 2.32. The molecule has 0 fully saturated rings. The topological polar surface area (TPSA) is 72.3 Å². The number of nitrogens with zero attached hydrogens (tertiary/aromatic N) is 1. The average molecular weight is 263 g/mol. The summed E-state index contributed by atoms with van der Waals surface area (Å²) in [7, 11) is 0. The van der Waals surface area contributed by atoms with Crippen molar-refractivity contribution in [2.45, 2.75) is 33.2 Å². The molecule has 0 bridgehead atoms. The van der Waals surface area contributed by atoms with Gasteiger partial charge in [0.05, 0.1) is 6.54 Å². The lowest BCUT2D eigenvalue weighted by Crippen LogP contribution is -2.36. The Morgan fingerprint density at radius 2 is 1.95 bits per heavy atom. The molecule has 0 aliphatic heterocycles. The Kier molecular flexibility index (Phi) is 6.36. The molecule has 4 N–H and O–H groups in total. The van der Waals surface area contributed by atoms with Crippen molar-refractivity contribution < 1.29 is 4.79 Å². The minimum atomic E-state index is -0.279. The molecule has 4 nitrogen and oxygen atoms in total. The summed E-state index contributed by atoms with van der Waals surface area (Å²) in [6, 6.07) is 7.75. The van der Waals surface area contributed by atoms with Crippen molar-refractivity contribution in [1.82, 2.24) is 4.90 Å². The summed E-state index contributed by atoms with van der Waals surface area (Å²) in [4.78, 5) is 13.3. The van der Waals surface area contributed by atoms with Crippen LogP contribution in [0.5, 0.6) is 0 Å². The SMILES string of the molecule is CCCC(C)CN(CC(N)=O)Cc1ccc(N)cc1. The number of carbonyl (C=O) groups excluding carboxylic acids is 1. The van der Waals surface area contributed by atoms with Gasteiger partial charge in [-0.3, -0.25) is 9.69 Å². The van der Waals surface area contributed by atoms with Gasteiger partial charge in [-0.1, -0.05) is 32.4 Å². The molecule has 1 rings (SSSR count). The molecule has 4 heteroatoms. The van der Waals surface area contributed by atoms with Crippen LogP contribution < -0.4 is 11.5 Å². The number of nitrogen functional groups attached to an aromatic ring is 1. The van der Waals surface area contributed by atoms with E-state index in [4.69, 9.17) is 11.5 Å². The molecule has 0 aromatic heterocycles. The van der Waals surface area contributed by atoms with Crippen LogP contribution in [0.15, 0.2) is 24.3 Å². The van der Waals surface area contributed by atoms with Gasteiger partial charge in [0, 0.05) is 18.8 Å². The number of hydrogen-bond acceptors (Lipinski definition) is 3. The molecule has 106 valence electrons. The predicted octanol–water partition coefficient (Wildman–Crippen LogP) is 1.99. The van der Waals surface area contributed by atoms with E-state index < -0.39 is 0 Å². The third kappa shape index (κ3) is 6.25. The lowest BCUT2D eigenvalue weighted by atomic mass is 10.1. The van der Waals surface area contributed by atoms with Gasteiger partial charge in [-0.05, 0) is 30.0 Å². The first-order valence-corrected chi connectivity index (χ1v) is 6.86. The summed E-state index contributed by atoms with van der Waals surface area (Å²) in [5, 5.41) is 0. The number of benzene rings is 1. The highest BCUT2D eigenvalue weighted by Gasteiger charge is 2.12. The number of carbonyl (C=O) groups is 1. The Morgan fingerprint density at radius 3 is 2.47 bits per heavy atom. The van der Waals surface area contributed by atoms with E-state index in [1.54, 1.807) is 0 Å². The van der Waals surface area contributed by atoms with Crippen LogP contribution in [0.4, 0.5) is 5.69 Å². The molecular formula is C15H25N3O. The Morgan fingerprint density at radius 1 is 1.32 bits per heavy atom. The van der Waals surface area contributed by atoms with E-state index in [1.165, 1.54) is 0 Å². The van der Waals surface area contributed by atoms with Crippen LogP contribution in [0.3, 0.4) is 0 Å². The summed E-state index contributed by atoms with van der Waals surface area (Å²) in [5.74, 6) is 0.289. The van der Waals surface area contributed by atoms with Crippen molar-refractivity contribution in [2.75, 3.05) is 18.8 Å². The second-order valence-corrected chi connectivity index (χ2v) is 5.27. The number of hydrogen-bond donors (Lipinski definition) is 2. The Labute approximate surface area is 115 Å². The minimum absolute atomic E-state index is 0.279. The lowest BCUT2D eigenvalue weighted by Gasteiger charge is -2.24. The monoisotopic (exact) mass is 263 g/mol. The standard InChI is InChI=1S/C15H25N3O/c1-3-4-12(2)9-18(11-15(17)19)10-13-5-7-14(16)8-6-13/h5-8,12H,3-4,9-11,16H2,1-2H3,(H2,17,19). The van der Waals surface area contributed by atoms with E-state index in [1.807, 2.05) is 24.3 Å². The molecule has 19 heavy (non-hydrogen) atoms. The molecule has 1 aromatic carbocycles. The van der Waals surface area contributed by atoms with E-state index in [2.05, 4.69) is 18.7 Å². The van der Waals surface area contributed by atoms with Crippen LogP contribution in [0, 0.1) is 5.92 Å². The fourth-order valence-corrected chi connectivity index (χ4v) is 2.31. The Balaban J connectivity index is 2.62. The molecule has 1 aromatic rings. The zero-order valence-corrected chi connectivity index (χ0v) is 11.9. The Hall–Kier alpha value is -1.55. The molecule has 1 unspecified atom stereocenters. The quantitative estimate of drug-likeness (QED) is 0.705. The smallest absolute Gasteiger partial charge is 0.231 e. The van der Waals surface area contributed by atoms with E-state index >= 15 is 0 Å². The first-order chi connectivity index (χ1) is 9.01. The molecule has 0 saturated heterocycles. The lowest BCUT2D eigenvalue weighted by molar-refractivity contribution is -0.119. The summed E-state index contributed by atoms with van der Waals surface area (Å²) >= 11 is 0. The largest absolute Gasteiger partial charge is 0.399 e. The van der Waals surface area contributed by atoms with Crippen LogP contribution in [-0.2, 0) is 11.3 Å². The normalized spacial score (nSPS) is 12.6. The van der Waals surface area contributed by atoms with Crippen LogP contribution >= 0.6 is 0 Å². The van der Waals surface area contributed by atoms with Gasteiger partial charge in [-0.2, -0.15) is 0 Å². The summed E-state index contributed by atoms with van der Waals surface area (Å²) in [6.45, 7) is 6.31. The number of rotatable bonds is 8. The van der Waals surface area contributed by atoms with Crippen molar-refractivity contribution in [3.63, 3.8) is 0 Å². The van der Waals surface area contributed by atoms with Crippen LogP contribution in [0.25, 0.3) is 0 Å². The van der Waals surface area contributed by atoms with Gasteiger partial charge in [0.2, 0.25) is 5.91 Å². The number of amides is 1. The third-order valence-corrected chi connectivity index (χ3v) is 3.12. The average Bonchev–Trinajstić information content (AvgIpc) is 2.31. The molecule has 0 aliphatic carbocycles. The molecule has 0 aliphatic rings. The van der Waals surface area contributed by atoms with Gasteiger partial charge in [0.1, 0.15) is 0 Å². The highest BCUT2D eigenvalue weighted by Crippen LogP contribution is 2.12. The summed E-state index contributed by atoms with van der Waals surface area (Å²) in [5.41, 5.74) is 12.9. The second-order valence-electron chi connectivity index (χ2n) is 5.27. The van der Waals surface area contributed by atoms with Gasteiger partial charge in [-0.15, -0.1) is 0 Å². The van der Waals surface area contributed by atoms with E-state index in [0.29, 0.717) is 12.5 Å². The molecule has 0 radical (unpaired) electrons. The van der Waals surface area contributed by atoms with Crippen molar-refractivity contribution >= 4 is 11.6 Å². The van der Waals surface area contributed by atoms with Crippen molar-refractivity contribution in [2.24, 2.45) is 11.7 Å². The Bertz CT molecular complexity index is 389. The highest BCUT2D eigenvalue weighted by atomic mass is 16.1. The zero-order chi connectivity index (χ0) is 14.3. The molecular weight excluding hydrogens is 238 g/mol. The van der Waals surface area contributed by atoms with Gasteiger partial charge in [-0.25, -0.2) is 0 Å². The molecule has 1 amide bonds. The number of nitrogens with two attached hydrogens (primary N) is 2. The van der Waals surface area contributed by atoms with Crippen LogP contribution in [-0.4, -0.2) is 23.9 Å². The van der Waals surface area contributed by atoms with Crippen LogP contribution in [0.2, 0.25) is 0 Å². The third-order valence-electron chi connectivity index (χ3n) is 3.12. The molecule has 0 heterocycles. The predicted molar refractivity (Wildman–Crippen MR) is 79.4 cm³/mol. The summed E-state index contributed by atoms with van der Waals surface area (Å²) < 4.78 is 0. The zero-order valence-electron chi connectivity index (χ0n) is 11.9. The van der Waals surface area contributed by atoms with Gasteiger partial charge < -0.3 is 11.5 Å². The number of anilines is 1. The first kappa shape index (κ1) is 15.5. The molecule has 0 saturated carbocycles. The van der Waals surface area contributed by atoms with Crippen molar-refractivity contribution in [3.8, 4) is 0 Å². The van der Waals surface area contributed by atoms with Gasteiger partial charge in [0.25, 0.3) is 0 Å². The van der Waals surface area contributed by atoms with E-state index in [0.717, 1.165) is 37.2 Å². The molecule has 1 atom stereocenters. The van der Waals surface area contributed by atoms with E-state index in [9.17, 15) is 4.79 Å². The molecule has 0 spiro atoms. The van der Waals surface area contributed by atoms with Crippen LogP contribution in [0.1, 0.15) is 32.3 Å². The number of primary amides is 1. The second kappa shape index (κ2) is 7.79. The maximum absolute atomic E-state index is 11.2. The van der Waals surface area contributed by atoms with Gasteiger partial charge in [0.15, 0.2) is 0 Å². The van der Waals surface area contributed by atoms with Crippen molar-refractivity contribution in [3.05, 3.63) is 29.8 Å². The maximum atomic E-state index is 11.2. The fraction of sp³-hybridized carbons (Fsp3) is 0.533. The maximum Gasteiger partial charge on any atom is 0.231 e. The highest BCUT2D eigenvalue weighted by molar-refractivity contribution is 5.75.